The molecule has 12 heavy (non-hydrogen) atoms. The van der Waals surface area contributed by atoms with Gasteiger partial charge in [0.25, 0.3) is 0 Å². The van der Waals surface area contributed by atoms with Crippen LogP contribution in [0.4, 0.5) is 0 Å². The van der Waals surface area contributed by atoms with Gasteiger partial charge in [0.2, 0.25) is 5.91 Å². The van der Waals surface area contributed by atoms with E-state index in [0.29, 0.717) is 4.90 Å². The lowest BCUT2D eigenvalue weighted by atomic mass is 10.4. The zero-order chi connectivity index (χ0) is 8.97. The van der Waals surface area contributed by atoms with Gasteiger partial charge in [-0.2, -0.15) is 0 Å². The number of benzene rings is 1. The summed E-state index contributed by atoms with van der Waals surface area (Å²) in [4.78, 5) is 11.0. The van der Waals surface area contributed by atoms with Crippen molar-refractivity contribution in [2.24, 2.45) is 5.73 Å². The van der Waals surface area contributed by atoms with Crippen LogP contribution in [0.5, 0.6) is 0 Å². The molecule has 0 spiro atoms. The maximum absolute atomic E-state index is 11.3. The third-order valence-electron chi connectivity index (χ3n) is 1.28. The standard InChI is InChI=1S/C8H9NO2S/c9-8(10)6-12(11)7-4-2-1-3-5-7/h1-5H,6H2,(H2,9,10)/t12-/m1/s1. The normalized spacial score (nSPS) is 12.3. The van der Waals surface area contributed by atoms with Gasteiger partial charge in [-0.15, -0.1) is 0 Å². The molecule has 64 valence electrons. The number of primary amides is 1. The average molecular weight is 183 g/mol. The van der Waals surface area contributed by atoms with Crippen LogP contribution in [0.3, 0.4) is 0 Å². The van der Waals surface area contributed by atoms with Gasteiger partial charge >= 0.3 is 0 Å². The Bertz CT molecular complexity index is 297. The molecule has 0 aliphatic heterocycles. The lowest BCUT2D eigenvalue weighted by molar-refractivity contribution is -0.115. The lowest BCUT2D eigenvalue weighted by Crippen LogP contribution is -2.19. The molecule has 0 unspecified atom stereocenters. The second-order valence-corrected chi connectivity index (χ2v) is 3.72. The van der Waals surface area contributed by atoms with Crippen molar-refractivity contribution in [3.05, 3.63) is 30.3 Å². The number of nitrogens with two attached hydrogens (primary N) is 1. The fourth-order valence-corrected chi connectivity index (χ4v) is 1.67. The predicted octanol–water partition coefficient (Wildman–Crippen LogP) is 0.279. The van der Waals surface area contributed by atoms with Crippen molar-refractivity contribution in [3.8, 4) is 0 Å². The molecule has 2 N–H and O–H groups in total. The van der Waals surface area contributed by atoms with Gasteiger partial charge in [-0.25, -0.2) is 0 Å². The molecule has 0 aromatic heterocycles. The van der Waals surface area contributed by atoms with Crippen LogP contribution in [0.2, 0.25) is 0 Å². The van der Waals surface area contributed by atoms with Crippen molar-refractivity contribution in [3.63, 3.8) is 0 Å². The molecule has 0 aliphatic carbocycles. The van der Waals surface area contributed by atoms with Gasteiger partial charge in [-0.1, -0.05) is 18.2 Å². The van der Waals surface area contributed by atoms with Crippen molar-refractivity contribution >= 4 is 16.7 Å². The highest BCUT2D eigenvalue weighted by Crippen LogP contribution is 2.04. The molecule has 0 saturated heterocycles. The van der Waals surface area contributed by atoms with Gasteiger partial charge in [-0.05, 0) is 12.1 Å². The van der Waals surface area contributed by atoms with Gasteiger partial charge in [0.05, 0.1) is 10.8 Å². The Morgan fingerprint density at radius 2 is 1.92 bits per heavy atom. The van der Waals surface area contributed by atoms with Crippen LogP contribution in [-0.2, 0) is 15.6 Å². The Morgan fingerprint density at radius 1 is 1.33 bits per heavy atom. The highest BCUT2D eigenvalue weighted by Gasteiger charge is 2.05. The highest BCUT2D eigenvalue weighted by atomic mass is 32.2. The number of rotatable bonds is 3. The fraction of sp³-hybridized carbons (Fsp3) is 0.125. The van der Waals surface area contributed by atoms with Gasteiger partial charge in [-0.3, -0.25) is 9.00 Å². The first-order chi connectivity index (χ1) is 5.70. The zero-order valence-corrected chi connectivity index (χ0v) is 7.21. The van der Waals surface area contributed by atoms with Crippen molar-refractivity contribution in [1.82, 2.24) is 0 Å². The number of amides is 1. The third kappa shape index (κ3) is 2.47. The van der Waals surface area contributed by atoms with Crippen LogP contribution in [0.15, 0.2) is 35.2 Å². The van der Waals surface area contributed by atoms with E-state index in [1.54, 1.807) is 24.3 Å². The maximum atomic E-state index is 11.3. The first kappa shape index (κ1) is 8.93. The third-order valence-corrected chi connectivity index (χ3v) is 2.62. The summed E-state index contributed by atoms with van der Waals surface area (Å²) in [6, 6.07) is 8.78. The second-order valence-electron chi connectivity index (χ2n) is 2.27. The van der Waals surface area contributed by atoms with Crippen molar-refractivity contribution < 1.29 is 9.00 Å². The number of hydrogen-bond donors (Lipinski definition) is 1. The Morgan fingerprint density at radius 3 is 2.42 bits per heavy atom. The van der Waals surface area contributed by atoms with E-state index in [9.17, 15) is 9.00 Å². The Hall–Kier alpha value is -1.16. The smallest absolute Gasteiger partial charge is 0.230 e. The quantitative estimate of drug-likeness (QED) is 0.731. The monoisotopic (exact) mass is 183 g/mol. The molecular formula is C8H9NO2S. The lowest BCUT2D eigenvalue weighted by Gasteiger charge is -1.97. The number of hydrogen-bond acceptors (Lipinski definition) is 2. The molecular weight excluding hydrogens is 174 g/mol. The van der Waals surface area contributed by atoms with E-state index in [1.165, 1.54) is 0 Å². The molecule has 1 amide bonds. The van der Waals surface area contributed by atoms with Crippen LogP contribution in [0.25, 0.3) is 0 Å². The summed E-state index contributed by atoms with van der Waals surface area (Å²) in [6.07, 6.45) is 0. The molecule has 1 aromatic carbocycles. The zero-order valence-electron chi connectivity index (χ0n) is 6.40. The molecule has 0 saturated carbocycles. The molecule has 0 fully saturated rings. The predicted molar refractivity (Wildman–Crippen MR) is 46.9 cm³/mol. The van der Waals surface area contributed by atoms with Crippen LogP contribution >= 0.6 is 0 Å². The average Bonchev–Trinajstić information content (AvgIpc) is 2.05. The van der Waals surface area contributed by atoms with Crippen LogP contribution in [0, 0.1) is 0 Å². The molecule has 4 heteroatoms. The molecule has 3 nitrogen and oxygen atoms in total. The van der Waals surface area contributed by atoms with E-state index in [0.717, 1.165) is 0 Å². The first-order valence-corrected chi connectivity index (χ1v) is 4.74. The van der Waals surface area contributed by atoms with Crippen LogP contribution < -0.4 is 5.73 Å². The Balaban J connectivity index is 2.73. The number of carbonyl (C=O) groups excluding carboxylic acids is 1. The Labute approximate surface area is 73.0 Å². The minimum Gasteiger partial charge on any atom is -0.369 e. The van der Waals surface area contributed by atoms with Crippen molar-refractivity contribution in [2.75, 3.05) is 5.75 Å². The molecule has 1 aromatic rings. The minimum atomic E-state index is -1.29. The van der Waals surface area contributed by atoms with Crippen molar-refractivity contribution in [2.45, 2.75) is 4.90 Å². The van der Waals surface area contributed by atoms with Crippen LogP contribution in [-0.4, -0.2) is 15.9 Å². The summed E-state index contributed by atoms with van der Waals surface area (Å²) in [5.74, 6) is -0.651. The van der Waals surface area contributed by atoms with Crippen molar-refractivity contribution in [1.29, 1.82) is 0 Å². The number of carbonyl (C=O) groups is 1. The largest absolute Gasteiger partial charge is 0.369 e. The van der Waals surface area contributed by atoms with Gasteiger partial charge in [0, 0.05) is 4.90 Å². The molecule has 0 bridgehead atoms. The SMILES string of the molecule is NC(=O)C[S@@](=O)c1ccccc1. The minimum absolute atomic E-state index is 0.107. The van der Waals surface area contributed by atoms with E-state index in [1.807, 2.05) is 6.07 Å². The molecule has 1 atom stereocenters. The van der Waals surface area contributed by atoms with Gasteiger partial charge < -0.3 is 5.73 Å². The summed E-state index contributed by atoms with van der Waals surface area (Å²) in [7, 11) is -1.29. The van der Waals surface area contributed by atoms with Crippen LogP contribution in [0.1, 0.15) is 0 Å². The fourth-order valence-electron chi connectivity index (χ4n) is 0.785. The second kappa shape index (κ2) is 4.01. The maximum Gasteiger partial charge on any atom is 0.230 e. The molecule has 0 heterocycles. The van der Waals surface area contributed by atoms with Gasteiger partial charge in [0.1, 0.15) is 5.75 Å². The van der Waals surface area contributed by atoms with E-state index in [2.05, 4.69) is 0 Å². The summed E-state index contributed by atoms with van der Waals surface area (Å²) in [6.45, 7) is 0. The van der Waals surface area contributed by atoms with E-state index >= 15 is 0 Å². The Kier molecular flexibility index (Phi) is 2.99. The van der Waals surface area contributed by atoms with Gasteiger partial charge in [0.15, 0.2) is 0 Å². The highest BCUT2D eigenvalue weighted by molar-refractivity contribution is 7.85. The van der Waals surface area contributed by atoms with E-state index in [-0.39, 0.29) is 5.75 Å². The summed E-state index contributed by atoms with van der Waals surface area (Å²) in [5, 5.41) is 0. The molecule has 0 aliphatic rings. The summed E-state index contributed by atoms with van der Waals surface area (Å²) < 4.78 is 11.3. The molecule has 0 radical (unpaired) electrons. The van der Waals surface area contributed by atoms with E-state index < -0.39 is 16.7 Å². The molecule has 1 rings (SSSR count). The first-order valence-electron chi connectivity index (χ1n) is 3.42. The topological polar surface area (TPSA) is 60.2 Å². The summed E-state index contributed by atoms with van der Waals surface area (Å²) >= 11 is 0. The summed E-state index contributed by atoms with van der Waals surface area (Å²) in [5.41, 5.74) is 4.90. The van der Waals surface area contributed by atoms with E-state index in [4.69, 9.17) is 5.73 Å².